The zero-order valence-electron chi connectivity index (χ0n) is 36.5. The summed E-state index contributed by atoms with van der Waals surface area (Å²) in [5.41, 5.74) is 21.6. The predicted octanol–water partition coefficient (Wildman–Crippen LogP) is 17.2. The first-order valence-electron chi connectivity index (χ1n) is 22.6. The summed E-state index contributed by atoms with van der Waals surface area (Å²) in [4.78, 5) is 2.49. The molecule has 0 amide bonds. The maximum atomic E-state index is 2.49. The monoisotopic (exact) mass is 830 g/mol. The first-order chi connectivity index (χ1) is 32.1. The quantitative estimate of drug-likeness (QED) is 0.148. The third kappa shape index (κ3) is 6.25. The summed E-state index contributed by atoms with van der Waals surface area (Å²) in [5, 5.41) is 2.51. The third-order valence-electron chi connectivity index (χ3n) is 13.7. The minimum Gasteiger partial charge on any atom is -0.309 e. The van der Waals surface area contributed by atoms with Crippen molar-refractivity contribution < 1.29 is 0 Å². The number of nitrogens with zero attached hydrogens (tertiary/aromatic N) is 2. The van der Waals surface area contributed by atoms with Gasteiger partial charge in [-0.25, -0.2) is 0 Å². The Labute approximate surface area is 381 Å². The maximum Gasteiger partial charge on any atom is 0.0541 e. The Kier molecular flexibility index (Phi) is 9.21. The van der Waals surface area contributed by atoms with Crippen LogP contribution in [-0.2, 0) is 5.41 Å². The van der Waals surface area contributed by atoms with Crippen molar-refractivity contribution in [3.05, 3.63) is 254 Å². The molecule has 1 heterocycles. The van der Waals surface area contributed by atoms with Gasteiger partial charge in [0.2, 0.25) is 0 Å². The molecule has 10 aromatic carbocycles. The lowest BCUT2D eigenvalue weighted by Gasteiger charge is -2.31. The van der Waals surface area contributed by atoms with Crippen molar-refractivity contribution in [2.45, 2.75) is 19.3 Å². The van der Waals surface area contributed by atoms with Gasteiger partial charge in [-0.1, -0.05) is 214 Å². The van der Waals surface area contributed by atoms with E-state index in [1.165, 1.54) is 77.4 Å². The number of hydrogen-bond donors (Lipinski definition) is 0. The van der Waals surface area contributed by atoms with Crippen LogP contribution in [0.3, 0.4) is 0 Å². The van der Waals surface area contributed by atoms with Crippen LogP contribution in [0.2, 0.25) is 0 Å². The molecule has 0 N–H and O–H groups in total. The summed E-state index contributed by atoms with van der Waals surface area (Å²) in [5.74, 6) is 0. The molecule has 0 atom stereocenters. The minimum absolute atomic E-state index is 0.115. The molecule has 1 aromatic heterocycles. The third-order valence-corrected chi connectivity index (χ3v) is 13.7. The first-order valence-corrected chi connectivity index (χ1v) is 22.6. The lowest BCUT2D eigenvalue weighted by Crippen LogP contribution is -2.15. The van der Waals surface area contributed by atoms with Crippen molar-refractivity contribution in [3.63, 3.8) is 0 Å². The molecule has 0 radical (unpaired) electrons. The fraction of sp³-hybridized carbons (Fsp3) is 0.0476. The van der Waals surface area contributed by atoms with Crippen LogP contribution in [0.4, 0.5) is 17.1 Å². The van der Waals surface area contributed by atoms with Crippen LogP contribution >= 0.6 is 0 Å². The van der Waals surface area contributed by atoms with Gasteiger partial charge in [-0.3, -0.25) is 0 Å². The number of benzene rings is 10. The van der Waals surface area contributed by atoms with Gasteiger partial charge in [0.1, 0.15) is 0 Å². The zero-order chi connectivity index (χ0) is 43.5. The van der Waals surface area contributed by atoms with Gasteiger partial charge in [-0.15, -0.1) is 0 Å². The van der Waals surface area contributed by atoms with E-state index in [1.807, 2.05) is 0 Å². The number of fused-ring (bicyclic) bond motifs is 6. The molecule has 0 bridgehead atoms. The Morgan fingerprint density at radius 2 is 0.785 bits per heavy atom. The lowest BCUT2D eigenvalue weighted by molar-refractivity contribution is 0.660. The molecule has 0 spiro atoms. The van der Waals surface area contributed by atoms with E-state index in [4.69, 9.17) is 0 Å². The SMILES string of the molecule is CC1(C)c2ccccc2-c2c(-c3ccccc3N(c3ccc(-c4ccccc4-n4c5ccccc5c5ccccc54)cc3)c3ccccc3-c3ccccc3-c3ccccc3)cccc21. The van der Waals surface area contributed by atoms with Crippen LogP contribution in [0, 0.1) is 0 Å². The van der Waals surface area contributed by atoms with Crippen LogP contribution < -0.4 is 4.90 Å². The van der Waals surface area contributed by atoms with Crippen LogP contribution in [0.15, 0.2) is 243 Å². The highest BCUT2D eigenvalue weighted by atomic mass is 15.1. The highest BCUT2D eigenvalue weighted by molar-refractivity contribution is 6.10. The van der Waals surface area contributed by atoms with E-state index >= 15 is 0 Å². The Balaban J connectivity index is 1.07. The fourth-order valence-corrected chi connectivity index (χ4v) is 10.7. The lowest BCUT2D eigenvalue weighted by atomic mass is 9.82. The van der Waals surface area contributed by atoms with E-state index < -0.39 is 0 Å². The Hall–Kier alpha value is -8.20. The van der Waals surface area contributed by atoms with E-state index in [0.29, 0.717) is 0 Å². The number of aromatic nitrogens is 1. The van der Waals surface area contributed by atoms with Crippen LogP contribution in [0.1, 0.15) is 25.0 Å². The molecule has 0 aliphatic heterocycles. The molecular weight excluding hydrogens is 785 g/mol. The molecule has 65 heavy (non-hydrogen) atoms. The minimum atomic E-state index is -0.115. The second-order valence-corrected chi connectivity index (χ2v) is 17.6. The van der Waals surface area contributed by atoms with Gasteiger partial charge >= 0.3 is 0 Å². The highest BCUT2D eigenvalue weighted by Gasteiger charge is 2.37. The molecular formula is C63H46N2. The summed E-state index contributed by atoms with van der Waals surface area (Å²) >= 11 is 0. The number of rotatable bonds is 8. The largest absolute Gasteiger partial charge is 0.309 e. The van der Waals surface area contributed by atoms with E-state index in [0.717, 1.165) is 33.9 Å². The molecule has 0 unspecified atom stereocenters. The zero-order valence-corrected chi connectivity index (χ0v) is 36.5. The number of para-hydroxylation sites is 5. The summed E-state index contributed by atoms with van der Waals surface area (Å²) in [7, 11) is 0. The summed E-state index contributed by atoms with van der Waals surface area (Å²) in [6.07, 6.45) is 0. The molecule has 0 fully saturated rings. The van der Waals surface area contributed by atoms with Crippen molar-refractivity contribution in [3.8, 4) is 61.3 Å². The van der Waals surface area contributed by atoms with Gasteiger partial charge in [0.15, 0.2) is 0 Å². The number of hydrogen-bond acceptors (Lipinski definition) is 1. The first kappa shape index (κ1) is 38.5. The topological polar surface area (TPSA) is 8.17 Å². The van der Waals surface area contributed by atoms with Crippen molar-refractivity contribution in [1.82, 2.24) is 4.57 Å². The molecule has 2 heteroatoms. The number of anilines is 3. The summed E-state index contributed by atoms with van der Waals surface area (Å²) < 4.78 is 2.43. The average molecular weight is 831 g/mol. The predicted molar refractivity (Wildman–Crippen MR) is 275 cm³/mol. The van der Waals surface area contributed by atoms with Gasteiger partial charge in [-0.2, -0.15) is 0 Å². The molecule has 308 valence electrons. The normalized spacial score (nSPS) is 12.6. The highest BCUT2D eigenvalue weighted by Crippen LogP contribution is 2.54. The van der Waals surface area contributed by atoms with Crippen LogP contribution in [0.25, 0.3) is 83.1 Å². The van der Waals surface area contributed by atoms with Crippen molar-refractivity contribution in [1.29, 1.82) is 0 Å². The maximum absolute atomic E-state index is 2.49. The summed E-state index contributed by atoms with van der Waals surface area (Å²) in [6, 6.07) is 88.8. The van der Waals surface area contributed by atoms with Gasteiger partial charge in [0.05, 0.1) is 28.1 Å². The van der Waals surface area contributed by atoms with Gasteiger partial charge < -0.3 is 9.47 Å². The van der Waals surface area contributed by atoms with Crippen molar-refractivity contribution in [2.75, 3.05) is 4.90 Å². The van der Waals surface area contributed by atoms with Gasteiger partial charge in [-0.05, 0) is 92.5 Å². The molecule has 0 saturated heterocycles. The van der Waals surface area contributed by atoms with Crippen LogP contribution in [0.5, 0.6) is 0 Å². The van der Waals surface area contributed by atoms with E-state index in [1.54, 1.807) is 0 Å². The van der Waals surface area contributed by atoms with Gasteiger partial charge in [0.25, 0.3) is 0 Å². The van der Waals surface area contributed by atoms with E-state index in [2.05, 4.69) is 266 Å². The molecule has 1 aliphatic carbocycles. The Bertz CT molecular complexity index is 3520. The van der Waals surface area contributed by atoms with Crippen LogP contribution in [-0.4, -0.2) is 4.57 Å². The average Bonchev–Trinajstić information content (AvgIpc) is 3.83. The molecule has 11 aromatic rings. The fourth-order valence-electron chi connectivity index (χ4n) is 10.7. The van der Waals surface area contributed by atoms with Crippen molar-refractivity contribution >= 4 is 38.9 Å². The van der Waals surface area contributed by atoms with E-state index in [9.17, 15) is 0 Å². The smallest absolute Gasteiger partial charge is 0.0541 e. The second-order valence-electron chi connectivity index (χ2n) is 17.6. The Morgan fingerprint density at radius 3 is 1.46 bits per heavy atom. The molecule has 12 rings (SSSR count). The Morgan fingerprint density at radius 1 is 0.323 bits per heavy atom. The van der Waals surface area contributed by atoms with Crippen molar-refractivity contribution in [2.24, 2.45) is 0 Å². The van der Waals surface area contributed by atoms with E-state index in [-0.39, 0.29) is 5.41 Å². The standard InChI is InChI=1S/C63H46N2/c1-63(2)55-32-14-8-30-54(55)62-53(31-20-33-56(62)63)52-29-13-17-36-59(52)64(58-35-16-10-26-49(58)48-25-7-6-23-46(48)43-21-4-3-5-22-43)45-41-39-44(40-42-45)47-24-9-15-34-57(47)65-60-37-18-11-27-50(60)51-28-12-19-38-61(51)65/h3-42H,1-2H3. The summed E-state index contributed by atoms with van der Waals surface area (Å²) in [6.45, 7) is 4.72. The molecule has 1 aliphatic rings. The second kappa shape index (κ2) is 15.6. The van der Waals surface area contributed by atoms with Gasteiger partial charge in [0, 0.05) is 38.6 Å². The molecule has 0 saturated carbocycles. The molecule has 2 nitrogen and oxygen atoms in total.